The molecule has 0 radical (unpaired) electrons. The monoisotopic (exact) mass is 518 g/mol. The van der Waals surface area contributed by atoms with E-state index in [4.69, 9.17) is 18.9 Å². The highest BCUT2D eigenvalue weighted by Crippen LogP contribution is 2.34. The normalized spacial score (nSPS) is 21.0. The smallest absolute Gasteiger partial charge is 0.338 e. The molecule has 3 atom stereocenters. The van der Waals surface area contributed by atoms with Gasteiger partial charge in [0.05, 0.1) is 23.7 Å². The molecule has 1 aliphatic heterocycles. The molecule has 1 aromatic carbocycles. The minimum Gasteiger partial charge on any atom is -0.462 e. The van der Waals surface area contributed by atoms with Gasteiger partial charge in [0.15, 0.2) is 5.79 Å². The summed E-state index contributed by atoms with van der Waals surface area (Å²) in [6.45, 7) is 22.6. The van der Waals surface area contributed by atoms with Crippen molar-refractivity contribution in [3.05, 3.63) is 40.5 Å². The average Bonchev–Trinajstić information content (AvgIpc) is 3.02. The molecule has 1 aromatic rings. The lowest BCUT2D eigenvalue weighted by atomic mass is 9.95. The van der Waals surface area contributed by atoms with E-state index in [1.54, 1.807) is 0 Å². The molecule has 0 saturated carbocycles. The van der Waals surface area contributed by atoms with E-state index in [9.17, 15) is 9.59 Å². The van der Waals surface area contributed by atoms with Gasteiger partial charge < -0.3 is 18.9 Å². The van der Waals surface area contributed by atoms with Crippen LogP contribution in [-0.4, -0.2) is 51.2 Å². The van der Waals surface area contributed by atoms with E-state index in [-0.39, 0.29) is 30.6 Å². The van der Waals surface area contributed by atoms with E-state index in [0.717, 1.165) is 22.7 Å². The van der Waals surface area contributed by atoms with Gasteiger partial charge in [0.1, 0.15) is 12.7 Å². The van der Waals surface area contributed by atoms with Crippen LogP contribution in [0.5, 0.6) is 0 Å². The van der Waals surface area contributed by atoms with Gasteiger partial charge in [0.25, 0.3) is 0 Å². The zero-order valence-electron chi connectivity index (χ0n) is 24.1. The molecule has 1 aliphatic rings. The highest BCUT2D eigenvalue weighted by atomic mass is 28.3. The van der Waals surface area contributed by atoms with Crippen LogP contribution in [0.1, 0.15) is 68.6 Å². The topological polar surface area (TPSA) is 71.1 Å². The molecule has 0 spiro atoms. The molecule has 202 valence electrons. The molecule has 0 bridgehead atoms. The van der Waals surface area contributed by atoms with Gasteiger partial charge in [-0.15, -0.1) is 0 Å². The standard InChI is InChI=1S/C29H46O6Si/c1-19-16-21(3)24(26(30)32-14-15-36(9,10)11)22(17-19)13-12-20(2)25-23(34-29(7,8)35-25)18-33-27(31)28(4,5)6/h12-13,16-17,20,23,25H,14-15,18H2,1-11H3/b13-12+/t20?,23-,25+/m1/s1. The molecule has 0 amide bonds. The first-order valence-electron chi connectivity index (χ1n) is 12.9. The predicted molar refractivity (Wildman–Crippen MR) is 147 cm³/mol. The van der Waals surface area contributed by atoms with Crippen LogP contribution >= 0.6 is 0 Å². The van der Waals surface area contributed by atoms with Gasteiger partial charge in [-0.05, 0) is 65.6 Å². The van der Waals surface area contributed by atoms with Crippen molar-refractivity contribution < 1.29 is 28.5 Å². The van der Waals surface area contributed by atoms with Crippen LogP contribution < -0.4 is 0 Å². The fraction of sp³-hybridized carbons (Fsp3) is 0.655. The Labute approximate surface area is 218 Å². The lowest BCUT2D eigenvalue weighted by Gasteiger charge is -2.23. The number of carbonyl (C=O) groups excluding carboxylic acids is 2. The molecule has 1 saturated heterocycles. The second kappa shape index (κ2) is 11.6. The number of hydrogen-bond acceptors (Lipinski definition) is 6. The van der Waals surface area contributed by atoms with Crippen molar-refractivity contribution in [3.8, 4) is 0 Å². The lowest BCUT2D eigenvalue weighted by Crippen LogP contribution is -2.35. The van der Waals surface area contributed by atoms with Crippen LogP contribution in [0.3, 0.4) is 0 Å². The summed E-state index contributed by atoms with van der Waals surface area (Å²) in [7, 11) is -1.30. The van der Waals surface area contributed by atoms with Gasteiger partial charge in [-0.25, -0.2) is 4.79 Å². The van der Waals surface area contributed by atoms with Crippen LogP contribution in [-0.2, 0) is 23.7 Å². The average molecular weight is 519 g/mol. The summed E-state index contributed by atoms with van der Waals surface area (Å²) < 4.78 is 23.5. The Morgan fingerprint density at radius 2 is 1.75 bits per heavy atom. The number of carbonyl (C=O) groups is 2. The molecule has 1 unspecified atom stereocenters. The van der Waals surface area contributed by atoms with Crippen LogP contribution in [0.4, 0.5) is 0 Å². The zero-order chi connectivity index (χ0) is 27.5. The SMILES string of the molecule is Cc1cc(C)c(C(=O)OCC[Si](C)(C)C)c(/C=C/C(C)[C@@H]2OC(C)(C)O[C@@H]2COC(=O)C(C)(C)C)c1. The number of hydrogen-bond donors (Lipinski definition) is 0. The first-order chi connectivity index (χ1) is 16.4. The van der Waals surface area contributed by atoms with Crippen molar-refractivity contribution in [2.75, 3.05) is 13.2 Å². The Kier molecular flexibility index (Phi) is 9.76. The van der Waals surface area contributed by atoms with E-state index in [0.29, 0.717) is 12.2 Å². The van der Waals surface area contributed by atoms with Gasteiger partial charge in [-0.3, -0.25) is 4.79 Å². The van der Waals surface area contributed by atoms with E-state index in [1.807, 2.05) is 79.7 Å². The Morgan fingerprint density at radius 1 is 1.11 bits per heavy atom. The maximum absolute atomic E-state index is 13.0. The predicted octanol–water partition coefficient (Wildman–Crippen LogP) is 6.56. The minimum atomic E-state index is -1.30. The third-order valence-electron chi connectivity index (χ3n) is 6.11. The summed E-state index contributed by atoms with van der Waals surface area (Å²) in [4.78, 5) is 25.3. The highest BCUT2D eigenvalue weighted by molar-refractivity contribution is 6.76. The molecule has 6 nitrogen and oxygen atoms in total. The Hall–Kier alpha value is -1.96. The molecule has 1 fully saturated rings. The molecule has 0 N–H and O–H groups in total. The van der Waals surface area contributed by atoms with E-state index < -0.39 is 25.4 Å². The van der Waals surface area contributed by atoms with Crippen LogP contribution in [0, 0.1) is 25.2 Å². The molecule has 0 aromatic heterocycles. The number of rotatable bonds is 9. The van der Waals surface area contributed by atoms with E-state index in [2.05, 4.69) is 19.6 Å². The van der Waals surface area contributed by atoms with E-state index >= 15 is 0 Å². The van der Waals surface area contributed by atoms with Crippen molar-refractivity contribution >= 4 is 26.1 Å². The van der Waals surface area contributed by atoms with Crippen molar-refractivity contribution in [1.82, 2.24) is 0 Å². The number of esters is 2. The minimum absolute atomic E-state index is 0.0540. The molecule has 36 heavy (non-hydrogen) atoms. The first kappa shape index (κ1) is 30.3. The molecule has 1 heterocycles. The fourth-order valence-corrected chi connectivity index (χ4v) is 4.82. The third-order valence-corrected chi connectivity index (χ3v) is 7.81. The van der Waals surface area contributed by atoms with Gasteiger partial charge in [-0.2, -0.15) is 0 Å². The van der Waals surface area contributed by atoms with Crippen molar-refractivity contribution in [2.24, 2.45) is 11.3 Å². The molecular weight excluding hydrogens is 472 g/mol. The van der Waals surface area contributed by atoms with Crippen molar-refractivity contribution in [2.45, 2.75) is 99.1 Å². The molecule has 2 rings (SSSR count). The summed E-state index contributed by atoms with van der Waals surface area (Å²) in [5.41, 5.74) is 2.81. The van der Waals surface area contributed by atoms with E-state index in [1.165, 1.54) is 0 Å². The van der Waals surface area contributed by atoms with Crippen molar-refractivity contribution in [1.29, 1.82) is 0 Å². The first-order valence-corrected chi connectivity index (χ1v) is 16.6. The Morgan fingerprint density at radius 3 is 2.33 bits per heavy atom. The zero-order valence-corrected chi connectivity index (χ0v) is 25.1. The number of benzene rings is 1. The molecular formula is C29H46O6Si. The van der Waals surface area contributed by atoms with Gasteiger partial charge >= 0.3 is 11.9 Å². The van der Waals surface area contributed by atoms with Gasteiger partial charge in [-0.1, -0.05) is 56.4 Å². The summed E-state index contributed by atoms with van der Waals surface area (Å²) in [6, 6.07) is 4.94. The highest BCUT2D eigenvalue weighted by Gasteiger charge is 2.44. The third kappa shape index (κ3) is 8.85. The van der Waals surface area contributed by atoms with Crippen molar-refractivity contribution in [3.63, 3.8) is 0 Å². The van der Waals surface area contributed by atoms with Gasteiger partial charge in [0.2, 0.25) is 0 Å². The number of ether oxygens (including phenoxy) is 4. The summed E-state index contributed by atoms with van der Waals surface area (Å²) in [5.74, 6) is -1.39. The fourth-order valence-electron chi connectivity index (χ4n) is 4.11. The second-order valence-electron chi connectivity index (χ2n) is 12.7. The number of aryl methyl sites for hydroxylation is 2. The largest absolute Gasteiger partial charge is 0.462 e. The van der Waals surface area contributed by atoms with Crippen LogP contribution in [0.2, 0.25) is 25.7 Å². The summed E-state index contributed by atoms with van der Waals surface area (Å²) >= 11 is 0. The maximum Gasteiger partial charge on any atom is 0.338 e. The van der Waals surface area contributed by atoms with Gasteiger partial charge in [0, 0.05) is 14.0 Å². The van der Waals surface area contributed by atoms with Crippen LogP contribution in [0.15, 0.2) is 18.2 Å². The summed E-state index contributed by atoms with van der Waals surface area (Å²) in [6.07, 6.45) is 3.30. The lowest BCUT2D eigenvalue weighted by molar-refractivity contribution is -0.165. The molecule has 7 heteroatoms. The second-order valence-corrected chi connectivity index (χ2v) is 18.3. The van der Waals surface area contributed by atoms with Crippen LogP contribution in [0.25, 0.3) is 6.08 Å². The maximum atomic E-state index is 13.0. The summed E-state index contributed by atoms with van der Waals surface area (Å²) in [5, 5.41) is 0. The Bertz CT molecular complexity index is 967. The molecule has 0 aliphatic carbocycles. The Balaban J connectivity index is 2.21. The quantitative estimate of drug-likeness (QED) is 0.272.